The van der Waals surface area contributed by atoms with Crippen molar-refractivity contribution >= 4 is 11.6 Å². The molecular weight excluding hydrogens is 350 g/mol. The van der Waals surface area contributed by atoms with Crippen LogP contribution in [0.3, 0.4) is 0 Å². The molecule has 0 spiro atoms. The molecule has 0 amide bonds. The number of nitrogens with zero attached hydrogens (tertiary/aromatic N) is 2. The van der Waals surface area contributed by atoms with Gasteiger partial charge in [0.25, 0.3) is 0 Å². The lowest BCUT2D eigenvalue weighted by molar-refractivity contribution is 0.409. The third-order valence-electron chi connectivity index (χ3n) is 4.65. The van der Waals surface area contributed by atoms with Crippen LogP contribution in [0, 0.1) is 11.6 Å². The Hall–Kier alpha value is -2.83. The number of para-hydroxylation sites is 2. The summed E-state index contributed by atoms with van der Waals surface area (Å²) in [6.45, 7) is 1.65. The van der Waals surface area contributed by atoms with Gasteiger partial charge in [-0.3, -0.25) is 4.99 Å². The van der Waals surface area contributed by atoms with Crippen LogP contribution in [0.4, 0.5) is 14.5 Å². The molecule has 2 N–H and O–H groups in total. The number of methoxy groups -OCH3 is 1. The molecule has 5 nitrogen and oxygen atoms in total. The second-order valence-corrected chi connectivity index (χ2v) is 6.38. The molecule has 0 saturated carbocycles. The Kier molecular flexibility index (Phi) is 6.11. The van der Waals surface area contributed by atoms with Crippen molar-refractivity contribution in [2.75, 3.05) is 32.1 Å². The second-order valence-electron chi connectivity index (χ2n) is 6.38. The monoisotopic (exact) mass is 374 g/mol. The fourth-order valence-electron chi connectivity index (χ4n) is 3.29. The molecule has 0 aromatic heterocycles. The van der Waals surface area contributed by atoms with Crippen LogP contribution in [-0.4, -0.2) is 39.2 Å². The molecule has 1 atom stereocenters. The first-order valence-corrected chi connectivity index (χ1v) is 8.90. The number of ether oxygens (including phenoxy) is 1. The number of guanidine groups is 1. The number of anilines is 1. The van der Waals surface area contributed by atoms with E-state index in [1.54, 1.807) is 19.1 Å². The predicted molar refractivity (Wildman–Crippen MR) is 103 cm³/mol. The maximum Gasteiger partial charge on any atom is 0.191 e. The standard InChI is InChI=1S/C20H24F2N4O/c1-23-20(24-12-14-6-3-4-9-18(14)27-2)25-15-10-11-26(13-15)19-16(21)7-5-8-17(19)22/h3-9,15H,10-13H2,1-2H3,(H2,23,24,25). The molecule has 0 bridgehead atoms. The van der Waals surface area contributed by atoms with Crippen molar-refractivity contribution in [1.82, 2.24) is 10.6 Å². The van der Waals surface area contributed by atoms with Crippen LogP contribution in [0.15, 0.2) is 47.5 Å². The number of hydrogen-bond acceptors (Lipinski definition) is 3. The number of rotatable bonds is 5. The zero-order valence-corrected chi connectivity index (χ0v) is 15.5. The van der Waals surface area contributed by atoms with Gasteiger partial charge in [0.1, 0.15) is 23.1 Å². The van der Waals surface area contributed by atoms with E-state index in [1.807, 2.05) is 24.3 Å². The minimum atomic E-state index is -0.533. The van der Waals surface area contributed by atoms with Gasteiger partial charge in [-0.15, -0.1) is 0 Å². The van der Waals surface area contributed by atoms with Gasteiger partial charge in [0.15, 0.2) is 5.96 Å². The van der Waals surface area contributed by atoms with E-state index in [9.17, 15) is 8.78 Å². The van der Waals surface area contributed by atoms with Crippen molar-refractivity contribution in [1.29, 1.82) is 0 Å². The van der Waals surface area contributed by atoms with Gasteiger partial charge in [-0.2, -0.15) is 0 Å². The Morgan fingerprint density at radius 3 is 2.63 bits per heavy atom. The smallest absolute Gasteiger partial charge is 0.191 e. The summed E-state index contributed by atoms with van der Waals surface area (Å²) in [5.41, 5.74) is 1.06. The van der Waals surface area contributed by atoms with Gasteiger partial charge in [0.2, 0.25) is 0 Å². The summed E-state index contributed by atoms with van der Waals surface area (Å²) in [6.07, 6.45) is 0.767. The maximum absolute atomic E-state index is 14.0. The zero-order valence-electron chi connectivity index (χ0n) is 15.5. The van der Waals surface area contributed by atoms with Gasteiger partial charge in [-0.05, 0) is 24.6 Å². The average molecular weight is 374 g/mol. The highest BCUT2D eigenvalue weighted by atomic mass is 19.1. The van der Waals surface area contributed by atoms with Gasteiger partial charge in [-0.1, -0.05) is 24.3 Å². The first kappa shape index (κ1) is 18.9. The largest absolute Gasteiger partial charge is 0.496 e. The first-order valence-electron chi connectivity index (χ1n) is 8.90. The first-order chi connectivity index (χ1) is 13.1. The molecule has 1 fully saturated rings. The molecule has 2 aromatic rings. The van der Waals surface area contributed by atoms with E-state index in [2.05, 4.69) is 15.6 Å². The fourth-order valence-corrected chi connectivity index (χ4v) is 3.29. The predicted octanol–water partition coefficient (Wildman–Crippen LogP) is 2.92. The van der Waals surface area contributed by atoms with Crippen LogP contribution in [0.1, 0.15) is 12.0 Å². The second kappa shape index (κ2) is 8.70. The Balaban J connectivity index is 1.58. The summed E-state index contributed by atoms with van der Waals surface area (Å²) in [4.78, 5) is 5.97. The fraction of sp³-hybridized carbons (Fsp3) is 0.350. The SMILES string of the molecule is CN=C(NCc1ccccc1OC)NC1CCN(c2c(F)cccc2F)C1. The van der Waals surface area contributed by atoms with Crippen molar-refractivity contribution in [3.05, 3.63) is 59.7 Å². The summed E-state index contributed by atoms with van der Waals surface area (Å²) < 4.78 is 33.3. The highest BCUT2D eigenvalue weighted by molar-refractivity contribution is 5.80. The van der Waals surface area contributed by atoms with Gasteiger partial charge < -0.3 is 20.3 Å². The zero-order chi connectivity index (χ0) is 19.2. The molecule has 7 heteroatoms. The van der Waals surface area contributed by atoms with Crippen LogP contribution in [0.25, 0.3) is 0 Å². The van der Waals surface area contributed by atoms with E-state index in [4.69, 9.17) is 4.74 Å². The Labute approximate surface area is 158 Å². The topological polar surface area (TPSA) is 48.9 Å². The van der Waals surface area contributed by atoms with Crippen molar-refractivity contribution in [2.24, 2.45) is 4.99 Å². The molecule has 2 aromatic carbocycles. The Bertz CT molecular complexity index is 792. The number of hydrogen-bond donors (Lipinski definition) is 2. The molecule has 27 heavy (non-hydrogen) atoms. The minimum absolute atomic E-state index is 0.0405. The minimum Gasteiger partial charge on any atom is -0.496 e. The average Bonchev–Trinajstić information content (AvgIpc) is 3.13. The van der Waals surface area contributed by atoms with Crippen LogP contribution in [0.2, 0.25) is 0 Å². The van der Waals surface area contributed by atoms with E-state index < -0.39 is 11.6 Å². The lowest BCUT2D eigenvalue weighted by Gasteiger charge is -2.21. The molecule has 1 saturated heterocycles. The Morgan fingerprint density at radius 2 is 1.93 bits per heavy atom. The van der Waals surface area contributed by atoms with Crippen LogP contribution >= 0.6 is 0 Å². The summed E-state index contributed by atoms with van der Waals surface area (Å²) >= 11 is 0. The third kappa shape index (κ3) is 4.48. The van der Waals surface area contributed by atoms with E-state index in [0.29, 0.717) is 25.6 Å². The molecular formula is C20H24F2N4O. The molecule has 1 heterocycles. The highest BCUT2D eigenvalue weighted by Crippen LogP contribution is 2.26. The summed E-state index contributed by atoms with van der Waals surface area (Å²) in [7, 11) is 3.33. The van der Waals surface area contributed by atoms with E-state index in [1.165, 1.54) is 18.2 Å². The van der Waals surface area contributed by atoms with Crippen molar-refractivity contribution in [3.63, 3.8) is 0 Å². The lowest BCUT2D eigenvalue weighted by Crippen LogP contribution is -2.44. The molecule has 3 rings (SSSR count). The van der Waals surface area contributed by atoms with Gasteiger partial charge in [0.05, 0.1) is 7.11 Å². The molecule has 1 aliphatic rings. The van der Waals surface area contributed by atoms with Crippen molar-refractivity contribution < 1.29 is 13.5 Å². The van der Waals surface area contributed by atoms with Crippen LogP contribution in [-0.2, 0) is 6.54 Å². The third-order valence-corrected chi connectivity index (χ3v) is 4.65. The van der Waals surface area contributed by atoms with Crippen molar-refractivity contribution in [2.45, 2.75) is 19.0 Å². The van der Waals surface area contributed by atoms with E-state index >= 15 is 0 Å². The van der Waals surface area contributed by atoms with Crippen molar-refractivity contribution in [3.8, 4) is 5.75 Å². The molecule has 144 valence electrons. The number of aliphatic imine (C=N–C) groups is 1. The van der Waals surface area contributed by atoms with Crippen LogP contribution in [0.5, 0.6) is 5.75 Å². The van der Waals surface area contributed by atoms with Gasteiger partial charge in [0, 0.05) is 38.3 Å². The number of nitrogens with one attached hydrogen (secondary N) is 2. The Morgan fingerprint density at radius 1 is 1.19 bits per heavy atom. The van der Waals surface area contributed by atoms with Crippen LogP contribution < -0.4 is 20.3 Å². The van der Waals surface area contributed by atoms with E-state index in [-0.39, 0.29) is 11.7 Å². The summed E-state index contributed by atoms with van der Waals surface area (Å²) in [6, 6.07) is 11.8. The summed E-state index contributed by atoms with van der Waals surface area (Å²) in [5, 5.41) is 6.58. The molecule has 0 radical (unpaired) electrons. The van der Waals surface area contributed by atoms with Gasteiger partial charge >= 0.3 is 0 Å². The number of benzene rings is 2. The molecule has 0 aliphatic carbocycles. The number of halogens is 2. The highest BCUT2D eigenvalue weighted by Gasteiger charge is 2.27. The lowest BCUT2D eigenvalue weighted by atomic mass is 10.2. The summed E-state index contributed by atoms with van der Waals surface area (Å²) in [5.74, 6) is 0.382. The maximum atomic E-state index is 14.0. The molecule has 1 aliphatic heterocycles. The van der Waals surface area contributed by atoms with Gasteiger partial charge in [-0.25, -0.2) is 8.78 Å². The quantitative estimate of drug-likeness (QED) is 0.624. The molecule has 1 unspecified atom stereocenters. The normalized spacial score (nSPS) is 17.1. The van der Waals surface area contributed by atoms with E-state index in [0.717, 1.165) is 17.7 Å².